The Morgan fingerprint density at radius 2 is 1.71 bits per heavy atom. The van der Waals surface area contributed by atoms with Gasteiger partial charge in [0.15, 0.2) is 0 Å². The number of rotatable bonds is 6. The first-order valence-electron chi connectivity index (χ1n) is 10.6. The lowest BCUT2D eigenvalue weighted by Crippen LogP contribution is -2.48. The van der Waals surface area contributed by atoms with Crippen molar-refractivity contribution >= 4 is 28.9 Å². The number of ether oxygens (including phenoxy) is 1. The molecule has 0 spiro atoms. The van der Waals surface area contributed by atoms with E-state index in [-0.39, 0.29) is 23.2 Å². The maximum absolute atomic E-state index is 12.7. The van der Waals surface area contributed by atoms with Crippen LogP contribution in [0.1, 0.15) is 17.3 Å². The summed E-state index contributed by atoms with van der Waals surface area (Å²) in [7, 11) is 0. The molecule has 2 amide bonds. The molecule has 174 valence electrons. The molecule has 3 aromatic rings. The Kier molecular flexibility index (Phi) is 6.62. The van der Waals surface area contributed by atoms with E-state index in [0.717, 1.165) is 0 Å². The van der Waals surface area contributed by atoms with E-state index in [1.165, 1.54) is 13.0 Å². The number of hydrogen-bond acceptors (Lipinski definition) is 8. The average Bonchev–Trinajstić information content (AvgIpc) is 2.85. The Balaban J connectivity index is 1.44. The molecule has 1 saturated heterocycles. The van der Waals surface area contributed by atoms with Gasteiger partial charge in [0.2, 0.25) is 5.91 Å². The molecule has 34 heavy (non-hydrogen) atoms. The fourth-order valence-electron chi connectivity index (χ4n) is 3.59. The van der Waals surface area contributed by atoms with Crippen LogP contribution >= 0.6 is 0 Å². The van der Waals surface area contributed by atoms with Crippen LogP contribution in [-0.2, 0) is 4.79 Å². The number of nitrogens with one attached hydrogen (secondary N) is 1. The van der Waals surface area contributed by atoms with Gasteiger partial charge in [0.25, 0.3) is 11.6 Å². The zero-order chi connectivity index (χ0) is 24.1. The standard InChI is InChI=1S/C23H22N6O5/c1-16(30)27-11-13-28(14-12-27)20-8-3-17(15-21(20)29(32)33)22(31)26-18-4-6-19(7-5-18)34-23-24-9-2-10-25-23/h2-10,15H,11-14H2,1H3,(H,26,31). The first-order valence-corrected chi connectivity index (χ1v) is 10.6. The molecule has 0 bridgehead atoms. The number of benzene rings is 2. The lowest BCUT2D eigenvalue weighted by Gasteiger charge is -2.35. The Labute approximate surface area is 195 Å². The van der Waals surface area contributed by atoms with Crippen LogP contribution in [0, 0.1) is 10.1 Å². The summed E-state index contributed by atoms with van der Waals surface area (Å²) in [5.41, 5.74) is 0.930. The van der Waals surface area contributed by atoms with Crippen molar-refractivity contribution in [3.63, 3.8) is 0 Å². The second-order valence-electron chi connectivity index (χ2n) is 7.57. The predicted molar refractivity (Wildman–Crippen MR) is 124 cm³/mol. The number of carbonyl (C=O) groups is 2. The first-order chi connectivity index (χ1) is 16.4. The molecule has 0 aliphatic carbocycles. The maximum atomic E-state index is 12.7. The average molecular weight is 462 g/mol. The minimum absolute atomic E-state index is 0.0193. The van der Waals surface area contributed by atoms with Crippen molar-refractivity contribution in [2.24, 2.45) is 0 Å². The van der Waals surface area contributed by atoms with Gasteiger partial charge in [0.05, 0.1) is 4.92 Å². The molecule has 1 aromatic heterocycles. The minimum atomic E-state index is -0.499. The Morgan fingerprint density at radius 1 is 1.03 bits per heavy atom. The van der Waals surface area contributed by atoms with Crippen molar-refractivity contribution in [1.82, 2.24) is 14.9 Å². The zero-order valence-corrected chi connectivity index (χ0v) is 18.4. The molecule has 2 heterocycles. The largest absolute Gasteiger partial charge is 0.424 e. The van der Waals surface area contributed by atoms with E-state index in [1.54, 1.807) is 59.8 Å². The van der Waals surface area contributed by atoms with Crippen molar-refractivity contribution in [3.8, 4) is 11.8 Å². The van der Waals surface area contributed by atoms with E-state index >= 15 is 0 Å². The van der Waals surface area contributed by atoms with E-state index in [2.05, 4.69) is 15.3 Å². The smallest absolute Gasteiger partial charge is 0.321 e. The summed E-state index contributed by atoms with van der Waals surface area (Å²) in [6.45, 7) is 3.45. The summed E-state index contributed by atoms with van der Waals surface area (Å²) in [6, 6.07) is 12.9. The van der Waals surface area contributed by atoms with Crippen LogP contribution in [0.25, 0.3) is 0 Å². The van der Waals surface area contributed by atoms with Crippen LogP contribution in [0.3, 0.4) is 0 Å². The molecule has 0 unspecified atom stereocenters. The number of piperazine rings is 1. The molecule has 1 aliphatic heterocycles. The molecule has 2 aromatic carbocycles. The van der Waals surface area contributed by atoms with Gasteiger partial charge in [-0.15, -0.1) is 0 Å². The fourth-order valence-corrected chi connectivity index (χ4v) is 3.59. The van der Waals surface area contributed by atoms with Gasteiger partial charge in [-0.2, -0.15) is 0 Å². The zero-order valence-electron chi connectivity index (χ0n) is 18.4. The van der Waals surface area contributed by atoms with Gasteiger partial charge in [-0.1, -0.05) is 0 Å². The summed E-state index contributed by atoms with van der Waals surface area (Å²) in [4.78, 5) is 47.0. The van der Waals surface area contributed by atoms with Gasteiger partial charge in [0.1, 0.15) is 11.4 Å². The molecule has 11 heteroatoms. The number of aromatic nitrogens is 2. The molecule has 1 fully saturated rings. The molecular weight excluding hydrogens is 440 g/mol. The van der Waals surface area contributed by atoms with Crippen molar-refractivity contribution in [2.45, 2.75) is 6.92 Å². The van der Waals surface area contributed by atoms with Gasteiger partial charge in [-0.05, 0) is 42.5 Å². The summed E-state index contributed by atoms with van der Waals surface area (Å²) in [5, 5.41) is 14.4. The lowest BCUT2D eigenvalue weighted by atomic mass is 10.1. The molecule has 11 nitrogen and oxygen atoms in total. The summed E-state index contributed by atoms with van der Waals surface area (Å²) in [5.74, 6) is -0.000618. The van der Waals surface area contributed by atoms with Gasteiger partial charge < -0.3 is 19.9 Å². The molecule has 1 N–H and O–H groups in total. The Bertz CT molecular complexity index is 1190. The van der Waals surface area contributed by atoms with E-state index in [4.69, 9.17) is 4.74 Å². The highest BCUT2D eigenvalue weighted by Crippen LogP contribution is 2.30. The molecule has 0 saturated carbocycles. The number of nitrogens with zero attached hydrogens (tertiary/aromatic N) is 5. The minimum Gasteiger partial charge on any atom is -0.424 e. The number of nitro groups is 1. The van der Waals surface area contributed by atoms with Crippen molar-refractivity contribution < 1.29 is 19.2 Å². The fraction of sp³-hybridized carbons (Fsp3) is 0.217. The van der Waals surface area contributed by atoms with Gasteiger partial charge in [0, 0.05) is 62.8 Å². The summed E-state index contributed by atoms with van der Waals surface area (Å²) >= 11 is 0. The van der Waals surface area contributed by atoms with Gasteiger partial charge in [-0.3, -0.25) is 19.7 Å². The van der Waals surface area contributed by atoms with Gasteiger partial charge >= 0.3 is 6.01 Å². The van der Waals surface area contributed by atoms with Crippen LogP contribution in [0.2, 0.25) is 0 Å². The van der Waals surface area contributed by atoms with Crippen LogP contribution in [0.5, 0.6) is 11.8 Å². The van der Waals surface area contributed by atoms with E-state index in [0.29, 0.717) is 43.3 Å². The highest BCUT2D eigenvalue weighted by molar-refractivity contribution is 6.05. The lowest BCUT2D eigenvalue weighted by molar-refractivity contribution is -0.384. The molecule has 0 atom stereocenters. The van der Waals surface area contributed by atoms with Crippen LogP contribution in [-0.4, -0.2) is 57.8 Å². The normalized spacial score (nSPS) is 13.3. The monoisotopic (exact) mass is 462 g/mol. The van der Waals surface area contributed by atoms with Crippen molar-refractivity contribution in [3.05, 3.63) is 76.6 Å². The van der Waals surface area contributed by atoms with E-state index < -0.39 is 10.8 Å². The number of carbonyl (C=O) groups excluding carboxylic acids is 2. The number of amides is 2. The van der Waals surface area contributed by atoms with Crippen molar-refractivity contribution in [1.29, 1.82) is 0 Å². The number of nitro benzene ring substituents is 1. The number of hydrogen-bond donors (Lipinski definition) is 1. The third kappa shape index (κ3) is 5.26. The predicted octanol–water partition coefficient (Wildman–Crippen LogP) is 3.10. The third-order valence-electron chi connectivity index (χ3n) is 5.36. The quantitative estimate of drug-likeness (QED) is 0.437. The van der Waals surface area contributed by atoms with Crippen LogP contribution in [0.15, 0.2) is 60.9 Å². The first kappa shape index (κ1) is 22.6. The maximum Gasteiger partial charge on any atom is 0.321 e. The molecule has 1 aliphatic rings. The second-order valence-corrected chi connectivity index (χ2v) is 7.57. The molecule has 4 rings (SSSR count). The third-order valence-corrected chi connectivity index (χ3v) is 5.36. The highest BCUT2D eigenvalue weighted by Gasteiger charge is 2.26. The van der Waals surface area contributed by atoms with Gasteiger partial charge in [-0.25, -0.2) is 9.97 Å². The van der Waals surface area contributed by atoms with Crippen LogP contribution in [0.4, 0.5) is 17.1 Å². The topological polar surface area (TPSA) is 131 Å². The van der Waals surface area contributed by atoms with E-state index in [9.17, 15) is 19.7 Å². The number of anilines is 2. The summed E-state index contributed by atoms with van der Waals surface area (Å²) in [6.07, 6.45) is 3.13. The highest BCUT2D eigenvalue weighted by atomic mass is 16.6. The Hall–Kier alpha value is -4.54. The SMILES string of the molecule is CC(=O)N1CCN(c2ccc(C(=O)Nc3ccc(Oc4ncccn4)cc3)cc2[N+](=O)[O-])CC1. The van der Waals surface area contributed by atoms with Crippen LogP contribution < -0.4 is 15.0 Å². The molecular formula is C23H22N6O5. The second kappa shape index (κ2) is 9.94. The van der Waals surface area contributed by atoms with E-state index in [1.807, 2.05) is 4.90 Å². The molecule has 0 radical (unpaired) electrons. The summed E-state index contributed by atoms with van der Waals surface area (Å²) < 4.78 is 5.52. The Morgan fingerprint density at radius 3 is 2.32 bits per heavy atom. The van der Waals surface area contributed by atoms with Crippen molar-refractivity contribution in [2.75, 3.05) is 36.4 Å².